The fourth-order valence-corrected chi connectivity index (χ4v) is 14.6. The molecular weight excluding hydrogens is 907 g/mol. The van der Waals surface area contributed by atoms with E-state index in [2.05, 4.69) is 60.8 Å². The van der Waals surface area contributed by atoms with Crippen molar-refractivity contribution < 1.29 is 19.4 Å². The minimum atomic E-state index is -1.07. The summed E-state index contributed by atoms with van der Waals surface area (Å²) in [4.78, 5) is 38.1. The molecule has 2 unspecified atom stereocenters. The van der Waals surface area contributed by atoms with Crippen molar-refractivity contribution in [3.8, 4) is 11.1 Å². The van der Waals surface area contributed by atoms with Gasteiger partial charge < -0.3 is 29.8 Å². The zero-order valence-corrected chi connectivity index (χ0v) is 44.4. The number of anilines is 4. The van der Waals surface area contributed by atoms with Crippen LogP contribution in [0.3, 0.4) is 0 Å². The van der Waals surface area contributed by atoms with E-state index in [9.17, 15) is 14.7 Å². The summed E-state index contributed by atoms with van der Waals surface area (Å²) in [5.74, 6) is 1.18. The Morgan fingerprint density at radius 1 is 0.817 bits per heavy atom. The van der Waals surface area contributed by atoms with Crippen LogP contribution in [0.4, 0.5) is 22.6 Å². The number of likely N-dealkylation sites (N-methyl/N-ethyl adjacent to an activating group) is 1. The second kappa shape index (κ2) is 21.7. The van der Waals surface area contributed by atoms with Gasteiger partial charge in [-0.3, -0.25) is 4.68 Å². The Balaban J connectivity index is 0.771. The molecule has 14 heteroatoms. The third kappa shape index (κ3) is 11.2. The Morgan fingerprint density at radius 2 is 1.49 bits per heavy atom. The van der Waals surface area contributed by atoms with Crippen LogP contribution in [0, 0.1) is 30.1 Å². The number of carbonyl (C=O) groups is 2. The number of rotatable bonds is 27. The van der Waals surface area contributed by atoms with E-state index in [1.54, 1.807) is 18.3 Å². The van der Waals surface area contributed by atoms with Gasteiger partial charge in [-0.2, -0.15) is 5.10 Å². The van der Waals surface area contributed by atoms with Gasteiger partial charge in [0.2, 0.25) is 0 Å². The molecule has 5 aromatic rings. The van der Waals surface area contributed by atoms with Crippen LogP contribution < -0.4 is 10.2 Å². The second-order valence-corrected chi connectivity index (χ2v) is 23.9. The molecule has 4 fully saturated rings. The number of carboxylic acids is 1. The summed E-state index contributed by atoms with van der Waals surface area (Å²) < 4.78 is 10.3. The Bertz CT molecular complexity index is 2630. The highest BCUT2D eigenvalue weighted by molar-refractivity contribution is 7.22. The SMILES string of the molecule is CC(=O)CCCCCCCCCCCCCCCN(C)CCOC12CC3(Cn4ncc(-c5ccc(N6CCCc7c6nnc(Nc6nc8ccccc8s6)c7C)nc5C(=O)O)c4C)C[C@@](C)(C1)[C@](C)(C3)C2. The molecule has 382 valence electrons. The first-order chi connectivity index (χ1) is 34.2. The molecular formula is C57H79N9O4S. The minimum absolute atomic E-state index is 0.00870. The van der Waals surface area contributed by atoms with Gasteiger partial charge in [0.05, 0.1) is 28.6 Å². The zero-order valence-electron chi connectivity index (χ0n) is 43.6. The second-order valence-electron chi connectivity index (χ2n) is 22.9. The van der Waals surface area contributed by atoms with Gasteiger partial charge in [0.15, 0.2) is 22.5 Å². The van der Waals surface area contributed by atoms with Crippen molar-refractivity contribution in [1.82, 2.24) is 34.8 Å². The summed E-state index contributed by atoms with van der Waals surface area (Å²) in [7, 11) is 2.25. The number of hydrogen-bond donors (Lipinski definition) is 2. The minimum Gasteiger partial charge on any atom is -0.476 e. The number of aromatic carboxylic acids is 1. The molecule has 0 radical (unpaired) electrons. The number of para-hydroxylation sites is 1. The lowest BCUT2D eigenvalue weighted by Gasteiger charge is -2.48. The van der Waals surface area contributed by atoms with Crippen LogP contribution in [0.25, 0.3) is 21.3 Å². The maximum absolute atomic E-state index is 13.0. The van der Waals surface area contributed by atoms with E-state index in [0.717, 1.165) is 122 Å². The number of nitrogens with zero attached hydrogens (tertiary/aromatic N) is 8. The van der Waals surface area contributed by atoms with Crippen LogP contribution in [0.1, 0.15) is 176 Å². The van der Waals surface area contributed by atoms with Gasteiger partial charge in [-0.05, 0) is 133 Å². The fourth-order valence-electron chi connectivity index (χ4n) is 13.8. The summed E-state index contributed by atoms with van der Waals surface area (Å²) >= 11 is 1.58. The van der Waals surface area contributed by atoms with Crippen LogP contribution in [0.15, 0.2) is 42.6 Å². The third-order valence-electron chi connectivity index (χ3n) is 17.2. The largest absolute Gasteiger partial charge is 0.476 e. The predicted molar refractivity (Wildman–Crippen MR) is 285 cm³/mol. The molecule has 10 rings (SSSR count). The maximum atomic E-state index is 13.0. The first-order valence-electron chi connectivity index (χ1n) is 27.0. The third-order valence-corrected chi connectivity index (χ3v) is 18.2. The molecule has 1 aromatic carbocycles. The highest BCUT2D eigenvalue weighted by Crippen LogP contribution is 2.78. The summed E-state index contributed by atoms with van der Waals surface area (Å²) in [6.45, 7) is 15.1. The van der Waals surface area contributed by atoms with E-state index in [1.807, 2.05) is 41.4 Å². The zero-order chi connectivity index (χ0) is 49.8. The number of fused-ring (bicyclic) bond motifs is 2. The Hall–Kier alpha value is -4.79. The summed E-state index contributed by atoms with van der Waals surface area (Å²) in [5, 5.41) is 29.1. The number of benzene rings is 1. The topological polar surface area (TPSA) is 151 Å². The van der Waals surface area contributed by atoms with E-state index in [1.165, 1.54) is 77.0 Å². The van der Waals surface area contributed by atoms with Gasteiger partial charge in [-0.25, -0.2) is 14.8 Å². The van der Waals surface area contributed by atoms with Crippen molar-refractivity contribution in [2.24, 2.45) is 16.2 Å². The first kappa shape index (κ1) is 51.1. The molecule has 2 N–H and O–H groups in total. The molecule has 0 saturated heterocycles. The molecule has 4 saturated carbocycles. The van der Waals surface area contributed by atoms with Crippen molar-refractivity contribution in [1.29, 1.82) is 0 Å². The fraction of sp³-hybridized carbons (Fsp3) is 0.632. The standard InChI is InChI=1S/C57H79N9O4S/c1-40(67)23-18-16-14-12-10-8-7-9-11-13-15-17-21-29-64(6)31-32-70-57-36-54(4)34-56(38-57,35-55(54,5)37-57)39-66-42(3)45(33-58-66)44-27-28-48(60-49(44)52(68)69)65-30-22-24-43-41(2)50(62-63-51(43)65)61-53-59-46-25-19-20-26-47(46)71-53/h19-20,25-28,33H,7-18,21-24,29-32,34-39H2,1-6H3,(H,68,69)(H,59,61,62)/t54-,55+,56?,57?. The quantitative estimate of drug-likeness (QED) is 0.0482. The van der Waals surface area contributed by atoms with E-state index in [4.69, 9.17) is 24.9 Å². The number of nitrogens with one attached hydrogen (secondary N) is 1. The van der Waals surface area contributed by atoms with Gasteiger partial charge in [0.25, 0.3) is 0 Å². The van der Waals surface area contributed by atoms with Crippen LogP contribution >= 0.6 is 11.3 Å². The molecule has 13 nitrogen and oxygen atoms in total. The Kier molecular flexibility index (Phi) is 15.7. The average Bonchev–Trinajstić information content (AvgIpc) is 3.99. The van der Waals surface area contributed by atoms with Gasteiger partial charge in [0.1, 0.15) is 11.6 Å². The average molecular weight is 986 g/mol. The Morgan fingerprint density at radius 3 is 2.17 bits per heavy atom. The maximum Gasteiger partial charge on any atom is 0.355 e. The highest BCUT2D eigenvalue weighted by atomic mass is 32.1. The Labute approximate surface area is 426 Å². The van der Waals surface area contributed by atoms with E-state index in [-0.39, 0.29) is 27.5 Å². The number of carbonyl (C=O) groups excluding carboxylic acids is 1. The molecule has 4 aromatic heterocycles. The van der Waals surface area contributed by atoms with Gasteiger partial charge in [-0.1, -0.05) is 108 Å². The summed E-state index contributed by atoms with van der Waals surface area (Å²) in [6.07, 6.45) is 26.8. The first-order valence-corrected chi connectivity index (χ1v) is 27.9. The van der Waals surface area contributed by atoms with Crippen molar-refractivity contribution in [3.63, 3.8) is 0 Å². The molecule has 4 bridgehead atoms. The lowest BCUT2D eigenvalue weighted by Crippen LogP contribution is -2.47. The number of aromatic nitrogens is 6. The van der Waals surface area contributed by atoms with E-state index >= 15 is 0 Å². The number of thiazole rings is 1. The van der Waals surface area contributed by atoms with Crippen LogP contribution in [-0.4, -0.2) is 90.6 Å². The van der Waals surface area contributed by atoms with Crippen molar-refractivity contribution in [2.45, 2.75) is 182 Å². The van der Waals surface area contributed by atoms with Crippen molar-refractivity contribution in [2.75, 3.05) is 43.5 Å². The van der Waals surface area contributed by atoms with Crippen LogP contribution in [-0.2, 0) is 22.5 Å². The smallest absolute Gasteiger partial charge is 0.355 e. The normalized spacial score (nSPS) is 23.3. The summed E-state index contributed by atoms with van der Waals surface area (Å²) in [5.41, 5.74) is 5.76. The number of pyridine rings is 1. The van der Waals surface area contributed by atoms with E-state index < -0.39 is 5.97 Å². The van der Waals surface area contributed by atoms with Crippen LogP contribution in [0.5, 0.6) is 0 Å². The molecule has 5 aliphatic rings. The molecule has 4 aliphatic carbocycles. The monoisotopic (exact) mass is 986 g/mol. The number of hydrogen-bond acceptors (Lipinski definition) is 12. The van der Waals surface area contributed by atoms with Gasteiger partial charge >= 0.3 is 5.97 Å². The number of ether oxygens (including phenoxy) is 1. The van der Waals surface area contributed by atoms with Gasteiger partial charge in [0, 0.05) is 54.0 Å². The molecule has 0 amide bonds. The van der Waals surface area contributed by atoms with Crippen molar-refractivity contribution in [3.05, 3.63) is 65.1 Å². The molecule has 0 spiro atoms. The lowest BCUT2D eigenvalue weighted by molar-refractivity contribution is -0.119. The molecule has 71 heavy (non-hydrogen) atoms. The van der Waals surface area contributed by atoms with Crippen molar-refractivity contribution >= 4 is 55.9 Å². The highest BCUT2D eigenvalue weighted by Gasteiger charge is 2.73. The molecule has 4 atom stereocenters. The molecule has 5 heterocycles. The lowest BCUT2D eigenvalue weighted by atomic mass is 9.64. The predicted octanol–water partition coefficient (Wildman–Crippen LogP) is 13.2. The number of ketones is 1. The number of unbranched alkanes of at least 4 members (excludes halogenated alkanes) is 12. The van der Waals surface area contributed by atoms with Crippen LogP contribution in [0.2, 0.25) is 0 Å². The number of carboxylic acid groups (broad SMARTS) is 1. The molecule has 1 aliphatic heterocycles. The summed E-state index contributed by atoms with van der Waals surface area (Å²) in [6, 6.07) is 11.9. The number of Topliss-reactive ketones (excluding diaryl/α,β-unsaturated/α-hetero) is 1. The van der Waals surface area contributed by atoms with Gasteiger partial charge in [-0.15, -0.1) is 10.2 Å². The van der Waals surface area contributed by atoms with E-state index in [0.29, 0.717) is 35.3 Å².